The minimum Gasteiger partial charge on any atom is -0.456 e. The predicted octanol–water partition coefficient (Wildman–Crippen LogP) is 1.91. The van der Waals surface area contributed by atoms with Gasteiger partial charge in [0.2, 0.25) is 5.79 Å². The third-order valence-corrected chi connectivity index (χ3v) is 8.47. The van der Waals surface area contributed by atoms with E-state index in [4.69, 9.17) is 47.4 Å². The van der Waals surface area contributed by atoms with Gasteiger partial charge in [-0.15, -0.1) is 11.8 Å². The van der Waals surface area contributed by atoms with Gasteiger partial charge in [-0.05, 0) is 12.7 Å². The average molecular weight is 643 g/mol. The first-order valence-electron chi connectivity index (χ1n) is 14.4. The van der Waals surface area contributed by atoms with Crippen molar-refractivity contribution in [2.24, 2.45) is 0 Å². The number of ether oxygens (including phenoxy) is 10. The van der Waals surface area contributed by atoms with Crippen LogP contribution in [-0.4, -0.2) is 102 Å². The van der Waals surface area contributed by atoms with Crippen LogP contribution in [0.1, 0.15) is 53.4 Å². The van der Waals surface area contributed by atoms with Gasteiger partial charge < -0.3 is 43.0 Å². The fourth-order valence-electron chi connectivity index (χ4n) is 5.82. The van der Waals surface area contributed by atoms with E-state index in [9.17, 15) is 19.5 Å². The smallest absolute Gasteiger partial charge is 0.303 e. The Balaban J connectivity index is 1.49. The number of thioether (sulfide) groups is 1. The lowest BCUT2D eigenvalue weighted by Crippen LogP contribution is -2.72. The second-order valence-electron chi connectivity index (χ2n) is 10.9. The van der Waals surface area contributed by atoms with Crippen LogP contribution in [0, 0.1) is 0 Å². The minimum atomic E-state index is -2.42. The zero-order valence-corrected chi connectivity index (χ0v) is 26.1. The summed E-state index contributed by atoms with van der Waals surface area (Å²) in [4.78, 5) is 36.2. The third kappa shape index (κ3) is 6.76. The van der Waals surface area contributed by atoms with Crippen molar-refractivity contribution >= 4 is 29.7 Å². The number of carbonyl (C=O) groups excluding carboxylic acids is 3. The number of esters is 3. The molecule has 4 fully saturated rings. The molecule has 0 aliphatic carbocycles. The molecule has 244 valence electrons. The van der Waals surface area contributed by atoms with E-state index >= 15 is 0 Å². The summed E-state index contributed by atoms with van der Waals surface area (Å²) in [6, 6.07) is 9.08. The maximum atomic E-state index is 12.5. The first-order valence-corrected chi connectivity index (χ1v) is 15.4. The summed E-state index contributed by atoms with van der Waals surface area (Å²) < 4.78 is 59.5. The molecule has 0 amide bonds. The Morgan fingerprint density at radius 2 is 1.61 bits per heavy atom. The van der Waals surface area contributed by atoms with E-state index in [1.54, 1.807) is 19.1 Å². The van der Waals surface area contributed by atoms with Crippen molar-refractivity contribution in [3.8, 4) is 0 Å². The topological polar surface area (TPSA) is 164 Å². The Morgan fingerprint density at radius 1 is 0.955 bits per heavy atom. The van der Waals surface area contributed by atoms with Crippen molar-refractivity contribution in [1.82, 2.24) is 0 Å². The van der Waals surface area contributed by atoms with Gasteiger partial charge in [-0.2, -0.15) is 0 Å². The highest BCUT2D eigenvalue weighted by molar-refractivity contribution is 7.99. The van der Waals surface area contributed by atoms with Gasteiger partial charge in [0.25, 0.3) is 5.97 Å². The van der Waals surface area contributed by atoms with Gasteiger partial charge in [-0.1, -0.05) is 37.3 Å². The lowest BCUT2D eigenvalue weighted by molar-refractivity contribution is -0.479. The number of carbonyl (C=O) groups is 3. The van der Waals surface area contributed by atoms with Crippen LogP contribution in [0.25, 0.3) is 0 Å². The molecule has 0 radical (unpaired) electrons. The summed E-state index contributed by atoms with van der Waals surface area (Å²) in [5.41, 5.74) is -0.211. The Labute approximate surface area is 258 Å². The molecule has 1 aromatic carbocycles. The molecule has 4 saturated heterocycles. The maximum absolute atomic E-state index is 12.5. The van der Waals surface area contributed by atoms with Gasteiger partial charge in [-0.3, -0.25) is 23.9 Å². The van der Waals surface area contributed by atoms with Gasteiger partial charge in [-0.25, -0.2) is 0 Å². The molecule has 15 heteroatoms. The standard InChI is InChI=1S/C29H38O14S/c1-7-44-27-24(38-17(5)32)29(33,23-19(39-27)13-34-25(40-23)18-11-9-8-10-12-18)43-28(6)41-22-21(37-16(4)31)20(36-15(3)30)14(2)35-26(22)42-28/h8-12,14,19-27,33H,7,13H2,1-6H3/t14-,19+,20-,21+,22+,23+,24-,25?,26+,27-,28?,29+/m0/s1. The van der Waals surface area contributed by atoms with Gasteiger partial charge in [0.15, 0.2) is 37.0 Å². The second kappa shape index (κ2) is 13.2. The van der Waals surface area contributed by atoms with Gasteiger partial charge in [0.05, 0.1) is 12.7 Å². The van der Waals surface area contributed by atoms with E-state index in [0.29, 0.717) is 11.3 Å². The average Bonchev–Trinajstić information content (AvgIpc) is 3.28. The number of fused-ring (bicyclic) bond motifs is 2. The molecule has 0 bridgehead atoms. The van der Waals surface area contributed by atoms with Crippen molar-refractivity contribution in [3.63, 3.8) is 0 Å². The van der Waals surface area contributed by atoms with Crippen LogP contribution in [0.15, 0.2) is 30.3 Å². The molecule has 4 heterocycles. The van der Waals surface area contributed by atoms with Crippen molar-refractivity contribution in [2.75, 3.05) is 12.4 Å². The molecule has 1 N–H and O–H groups in total. The van der Waals surface area contributed by atoms with Crippen LogP contribution in [0.4, 0.5) is 0 Å². The number of hydrogen-bond donors (Lipinski definition) is 1. The summed E-state index contributed by atoms with van der Waals surface area (Å²) in [6.45, 7) is 8.53. The molecule has 1 aromatic rings. The summed E-state index contributed by atoms with van der Waals surface area (Å²) in [5, 5.41) is 12.5. The molecular formula is C29H38O14S. The highest BCUT2D eigenvalue weighted by Gasteiger charge is 2.67. The quantitative estimate of drug-likeness (QED) is 0.248. The summed E-state index contributed by atoms with van der Waals surface area (Å²) in [7, 11) is 0. The number of benzene rings is 1. The van der Waals surface area contributed by atoms with Gasteiger partial charge in [0.1, 0.15) is 17.6 Å². The van der Waals surface area contributed by atoms with E-state index in [0.717, 1.165) is 0 Å². The van der Waals surface area contributed by atoms with E-state index in [1.165, 1.54) is 39.5 Å². The highest BCUT2D eigenvalue weighted by Crippen LogP contribution is 2.48. The molecule has 44 heavy (non-hydrogen) atoms. The van der Waals surface area contributed by atoms with Gasteiger partial charge in [0, 0.05) is 33.3 Å². The first-order chi connectivity index (χ1) is 20.8. The van der Waals surface area contributed by atoms with Crippen LogP contribution in [0.5, 0.6) is 0 Å². The summed E-state index contributed by atoms with van der Waals surface area (Å²) in [5.74, 6) is -5.91. The zero-order chi connectivity index (χ0) is 31.8. The SMILES string of the molecule is CCS[C@@H]1O[C@@H]2COC(c3ccccc3)O[C@H]2[C@@](O)(OC2(C)O[C@H]3O[C@@H](C)[C@H](OC(C)=O)[C@@H](OC(C)=O)[C@H]3O2)[C@H]1OC(C)=O. The molecule has 12 atom stereocenters. The summed E-state index contributed by atoms with van der Waals surface area (Å²) in [6.07, 6.45) is -9.65. The van der Waals surface area contributed by atoms with Crippen molar-refractivity contribution in [1.29, 1.82) is 0 Å². The molecule has 0 saturated carbocycles. The Kier molecular flexibility index (Phi) is 9.90. The van der Waals surface area contributed by atoms with Crippen LogP contribution in [-0.2, 0) is 61.8 Å². The molecule has 14 nitrogen and oxygen atoms in total. The van der Waals surface area contributed by atoms with Crippen molar-refractivity contribution < 1.29 is 66.9 Å². The first kappa shape index (κ1) is 33.0. The van der Waals surface area contributed by atoms with Crippen molar-refractivity contribution in [3.05, 3.63) is 35.9 Å². The molecule has 0 aromatic heterocycles. The Bertz CT molecular complexity index is 1200. The molecule has 5 rings (SSSR count). The lowest BCUT2D eigenvalue weighted by Gasteiger charge is -2.53. The van der Waals surface area contributed by atoms with Crippen LogP contribution >= 0.6 is 11.8 Å². The summed E-state index contributed by atoms with van der Waals surface area (Å²) >= 11 is 1.29. The largest absolute Gasteiger partial charge is 0.456 e. The molecular weight excluding hydrogens is 604 g/mol. The maximum Gasteiger partial charge on any atom is 0.303 e. The number of rotatable bonds is 8. The monoisotopic (exact) mass is 642 g/mol. The predicted molar refractivity (Wildman–Crippen MR) is 148 cm³/mol. The minimum absolute atomic E-state index is 0.0202. The van der Waals surface area contributed by atoms with Crippen LogP contribution in [0.2, 0.25) is 0 Å². The lowest BCUT2D eigenvalue weighted by atomic mass is 9.94. The van der Waals surface area contributed by atoms with E-state index in [2.05, 4.69) is 0 Å². The van der Waals surface area contributed by atoms with Crippen LogP contribution < -0.4 is 0 Å². The molecule has 2 unspecified atom stereocenters. The van der Waals surface area contributed by atoms with E-state index in [1.807, 2.05) is 25.1 Å². The molecule has 0 spiro atoms. The normalized spacial score (nSPS) is 41.6. The Morgan fingerprint density at radius 3 is 2.25 bits per heavy atom. The second-order valence-corrected chi connectivity index (χ2v) is 12.3. The fraction of sp³-hybridized carbons (Fsp3) is 0.690. The Hall–Kier alpha value is -2.34. The zero-order valence-electron chi connectivity index (χ0n) is 25.2. The molecule has 4 aliphatic rings. The highest BCUT2D eigenvalue weighted by atomic mass is 32.2. The van der Waals surface area contributed by atoms with Crippen LogP contribution in [0.3, 0.4) is 0 Å². The number of hydrogen-bond acceptors (Lipinski definition) is 15. The fourth-order valence-corrected chi connectivity index (χ4v) is 6.79. The van der Waals surface area contributed by atoms with Crippen molar-refractivity contribution in [2.45, 2.75) is 114 Å². The van der Waals surface area contributed by atoms with Gasteiger partial charge >= 0.3 is 17.9 Å². The van der Waals surface area contributed by atoms with E-state index in [-0.39, 0.29) is 6.61 Å². The number of aliphatic hydroxyl groups is 1. The van der Waals surface area contributed by atoms with E-state index < -0.39 is 90.4 Å². The third-order valence-electron chi connectivity index (χ3n) is 7.45. The molecule has 4 aliphatic heterocycles.